The number of hydrogen-bond donors (Lipinski definition) is 2. The molecule has 3 N–H and O–H groups in total. The van der Waals surface area contributed by atoms with Crippen molar-refractivity contribution in [3.05, 3.63) is 29.6 Å². The molecular weight excluding hydrogens is 211 g/mol. The molecule has 0 saturated heterocycles. The van der Waals surface area contributed by atoms with Crippen LogP contribution in [0.25, 0.3) is 0 Å². The van der Waals surface area contributed by atoms with Crippen molar-refractivity contribution in [1.82, 2.24) is 0 Å². The van der Waals surface area contributed by atoms with Gasteiger partial charge in [-0.1, -0.05) is 12.2 Å². The molecule has 0 aromatic heterocycles. The SMILES string of the molecule is CC1(Nc2ccc(C(N)=S)c(F)c2)CC1. The summed E-state index contributed by atoms with van der Waals surface area (Å²) in [5.74, 6) is -0.364. The van der Waals surface area contributed by atoms with Crippen molar-refractivity contribution in [2.75, 3.05) is 5.32 Å². The minimum absolute atomic E-state index is 0.0942. The van der Waals surface area contributed by atoms with E-state index in [9.17, 15) is 4.39 Å². The Bertz CT molecular complexity index is 413. The summed E-state index contributed by atoms with van der Waals surface area (Å²) in [4.78, 5) is 0.0942. The maximum Gasteiger partial charge on any atom is 0.135 e. The molecule has 15 heavy (non-hydrogen) atoms. The monoisotopic (exact) mass is 224 g/mol. The number of halogens is 1. The average molecular weight is 224 g/mol. The Kier molecular flexibility index (Phi) is 2.38. The van der Waals surface area contributed by atoms with E-state index in [1.807, 2.05) is 0 Å². The molecule has 0 aliphatic heterocycles. The van der Waals surface area contributed by atoms with Crippen LogP contribution in [0.4, 0.5) is 10.1 Å². The molecule has 1 fully saturated rings. The Morgan fingerprint density at radius 1 is 1.53 bits per heavy atom. The topological polar surface area (TPSA) is 38.0 Å². The van der Waals surface area contributed by atoms with Crippen LogP contribution in [0.2, 0.25) is 0 Å². The van der Waals surface area contributed by atoms with Crippen LogP contribution in [0.1, 0.15) is 25.3 Å². The van der Waals surface area contributed by atoms with Crippen LogP contribution in [0.15, 0.2) is 18.2 Å². The normalized spacial score (nSPS) is 17.2. The molecule has 0 radical (unpaired) electrons. The van der Waals surface area contributed by atoms with E-state index < -0.39 is 0 Å². The van der Waals surface area contributed by atoms with E-state index in [-0.39, 0.29) is 16.3 Å². The lowest BCUT2D eigenvalue weighted by molar-refractivity contribution is 0.625. The third-order valence-electron chi connectivity index (χ3n) is 2.68. The number of thiocarbonyl (C=S) groups is 1. The highest BCUT2D eigenvalue weighted by Crippen LogP contribution is 2.38. The summed E-state index contributed by atoms with van der Waals surface area (Å²) in [6, 6.07) is 4.87. The molecular formula is C11H13FN2S. The number of hydrogen-bond acceptors (Lipinski definition) is 2. The molecule has 1 saturated carbocycles. The highest BCUT2D eigenvalue weighted by molar-refractivity contribution is 7.80. The van der Waals surface area contributed by atoms with E-state index in [0.717, 1.165) is 18.5 Å². The molecule has 1 aliphatic rings. The highest BCUT2D eigenvalue weighted by atomic mass is 32.1. The number of benzene rings is 1. The van der Waals surface area contributed by atoms with Gasteiger partial charge >= 0.3 is 0 Å². The van der Waals surface area contributed by atoms with Crippen LogP contribution in [-0.4, -0.2) is 10.5 Å². The second-order valence-corrected chi connectivity index (χ2v) is 4.68. The van der Waals surface area contributed by atoms with Crippen molar-refractivity contribution in [2.24, 2.45) is 5.73 Å². The molecule has 0 spiro atoms. The zero-order chi connectivity index (χ0) is 11.1. The molecule has 0 heterocycles. The molecule has 80 valence electrons. The Morgan fingerprint density at radius 3 is 2.67 bits per heavy atom. The lowest BCUT2D eigenvalue weighted by Gasteiger charge is -2.13. The summed E-state index contributed by atoms with van der Waals surface area (Å²) < 4.78 is 13.5. The van der Waals surface area contributed by atoms with Gasteiger partial charge in [-0.05, 0) is 38.0 Å². The van der Waals surface area contributed by atoms with Crippen LogP contribution in [0, 0.1) is 5.82 Å². The maximum atomic E-state index is 13.5. The smallest absolute Gasteiger partial charge is 0.135 e. The molecule has 1 aromatic rings. The van der Waals surface area contributed by atoms with Crippen molar-refractivity contribution in [3.63, 3.8) is 0 Å². The Balaban J connectivity index is 2.21. The lowest BCUT2D eigenvalue weighted by Crippen LogP contribution is -2.17. The van der Waals surface area contributed by atoms with E-state index in [1.165, 1.54) is 6.07 Å². The molecule has 0 unspecified atom stereocenters. The zero-order valence-electron chi connectivity index (χ0n) is 8.51. The summed E-state index contributed by atoms with van der Waals surface area (Å²) >= 11 is 4.73. The molecule has 2 rings (SSSR count). The van der Waals surface area contributed by atoms with Crippen LogP contribution in [0.3, 0.4) is 0 Å². The van der Waals surface area contributed by atoms with Gasteiger partial charge in [-0.2, -0.15) is 0 Å². The van der Waals surface area contributed by atoms with Crippen LogP contribution >= 0.6 is 12.2 Å². The molecule has 4 heteroatoms. The summed E-state index contributed by atoms with van der Waals surface area (Å²) in [6.07, 6.45) is 2.26. The maximum absolute atomic E-state index is 13.5. The van der Waals surface area contributed by atoms with Crippen molar-refractivity contribution >= 4 is 22.9 Å². The Hall–Kier alpha value is -1.16. The van der Waals surface area contributed by atoms with Gasteiger partial charge in [0.25, 0.3) is 0 Å². The standard InChI is InChI=1S/C11H13FN2S/c1-11(4-5-11)14-7-2-3-8(10(13)15)9(12)6-7/h2-3,6,14H,4-5H2,1H3,(H2,13,15). The van der Waals surface area contributed by atoms with Crippen LogP contribution in [-0.2, 0) is 0 Å². The number of nitrogens with one attached hydrogen (secondary N) is 1. The first kappa shape index (κ1) is 10.4. The van der Waals surface area contributed by atoms with Crippen molar-refractivity contribution in [1.29, 1.82) is 0 Å². The van der Waals surface area contributed by atoms with Gasteiger partial charge in [0, 0.05) is 16.8 Å². The van der Waals surface area contributed by atoms with E-state index >= 15 is 0 Å². The second kappa shape index (κ2) is 3.45. The lowest BCUT2D eigenvalue weighted by atomic mass is 10.1. The third kappa shape index (κ3) is 2.26. The molecule has 1 aromatic carbocycles. The van der Waals surface area contributed by atoms with E-state index in [4.69, 9.17) is 18.0 Å². The molecule has 0 atom stereocenters. The van der Waals surface area contributed by atoms with E-state index in [1.54, 1.807) is 12.1 Å². The summed E-state index contributed by atoms with van der Waals surface area (Å²) in [7, 11) is 0. The van der Waals surface area contributed by atoms with E-state index in [2.05, 4.69) is 12.2 Å². The first-order valence-corrected chi connectivity index (χ1v) is 5.29. The predicted molar refractivity (Wildman–Crippen MR) is 63.5 cm³/mol. The van der Waals surface area contributed by atoms with Gasteiger partial charge in [-0.25, -0.2) is 4.39 Å². The fraction of sp³-hybridized carbons (Fsp3) is 0.364. The number of nitrogens with two attached hydrogens (primary N) is 1. The van der Waals surface area contributed by atoms with Gasteiger partial charge in [0.1, 0.15) is 10.8 Å². The van der Waals surface area contributed by atoms with Gasteiger partial charge in [-0.3, -0.25) is 0 Å². The Morgan fingerprint density at radius 2 is 2.20 bits per heavy atom. The zero-order valence-corrected chi connectivity index (χ0v) is 9.33. The van der Waals surface area contributed by atoms with Gasteiger partial charge in [0.2, 0.25) is 0 Å². The van der Waals surface area contributed by atoms with Gasteiger partial charge in [0.15, 0.2) is 0 Å². The molecule has 0 bridgehead atoms. The minimum atomic E-state index is -0.364. The van der Waals surface area contributed by atoms with Crippen molar-refractivity contribution in [2.45, 2.75) is 25.3 Å². The molecule has 1 aliphatic carbocycles. The third-order valence-corrected chi connectivity index (χ3v) is 2.90. The van der Waals surface area contributed by atoms with E-state index in [0.29, 0.717) is 5.56 Å². The van der Waals surface area contributed by atoms with Crippen molar-refractivity contribution in [3.8, 4) is 0 Å². The van der Waals surface area contributed by atoms with Crippen molar-refractivity contribution < 1.29 is 4.39 Å². The molecule has 2 nitrogen and oxygen atoms in total. The minimum Gasteiger partial charge on any atom is -0.389 e. The second-order valence-electron chi connectivity index (χ2n) is 4.24. The summed E-state index contributed by atoms with van der Waals surface area (Å²) in [5, 5.41) is 3.28. The fourth-order valence-electron chi connectivity index (χ4n) is 1.45. The number of anilines is 1. The van der Waals surface area contributed by atoms with Gasteiger partial charge in [-0.15, -0.1) is 0 Å². The van der Waals surface area contributed by atoms with Gasteiger partial charge < -0.3 is 11.1 Å². The first-order valence-electron chi connectivity index (χ1n) is 4.88. The molecule has 0 amide bonds. The largest absolute Gasteiger partial charge is 0.389 e. The quantitative estimate of drug-likeness (QED) is 0.774. The summed E-state index contributed by atoms with van der Waals surface area (Å²) in [5.41, 5.74) is 6.61. The first-order chi connectivity index (χ1) is 7.00. The average Bonchev–Trinajstić information content (AvgIpc) is 2.82. The highest BCUT2D eigenvalue weighted by Gasteiger charge is 2.37. The van der Waals surface area contributed by atoms with Crippen LogP contribution in [0.5, 0.6) is 0 Å². The van der Waals surface area contributed by atoms with Crippen LogP contribution < -0.4 is 11.1 Å². The predicted octanol–water partition coefficient (Wildman–Crippen LogP) is 2.42. The number of rotatable bonds is 3. The summed E-state index contributed by atoms with van der Waals surface area (Å²) in [6.45, 7) is 2.12. The fourth-order valence-corrected chi connectivity index (χ4v) is 1.62. The van der Waals surface area contributed by atoms with Gasteiger partial charge in [0.05, 0.1) is 0 Å². The Labute approximate surface area is 93.7 Å².